The van der Waals surface area contributed by atoms with Crippen molar-refractivity contribution in [3.05, 3.63) is 0 Å². The van der Waals surface area contributed by atoms with E-state index in [1.54, 1.807) is 0 Å². The molecule has 1 amide bonds. The third-order valence-electron chi connectivity index (χ3n) is 2.82. The van der Waals surface area contributed by atoms with Crippen molar-refractivity contribution in [1.29, 1.82) is 0 Å². The minimum Gasteiger partial charge on any atom is -0.348 e. The fourth-order valence-electron chi connectivity index (χ4n) is 1.90. The van der Waals surface area contributed by atoms with Gasteiger partial charge >= 0.3 is 5.97 Å². The van der Waals surface area contributed by atoms with Gasteiger partial charge in [-0.25, -0.2) is 4.79 Å². The predicted molar refractivity (Wildman–Crippen MR) is 64.5 cm³/mol. The van der Waals surface area contributed by atoms with Gasteiger partial charge in [-0.2, -0.15) is 0 Å². The molecule has 1 aliphatic rings. The Bertz CT molecular complexity index is 307. The first-order chi connectivity index (χ1) is 8.13. The molecule has 0 heterocycles. The second-order valence-electron chi connectivity index (χ2n) is 4.28. The Labute approximate surface area is 102 Å². The van der Waals surface area contributed by atoms with Gasteiger partial charge in [-0.1, -0.05) is 31.3 Å². The quantitative estimate of drug-likeness (QED) is 0.462. The first kappa shape index (κ1) is 13.7. The maximum Gasteiger partial charge on any atom is 0.331 e. The lowest BCUT2D eigenvalue weighted by Gasteiger charge is -2.22. The zero-order valence-electron chi connectivity index (χ0n) is 10.5. The summed E-state index contributed by atoms with van der Waals surface area (Å²) in [6.45, 7) is 3.07. The first-order valence-corrected chi connectivity index (χ1v) is 6.18. The van der Waals surface area contributed by atoms with Crippen LogP contribution in [0.15, 0.2) is 5.16 Å². The smallest absolute Gasteiger partial charge is 0.331 e. The maximum absolute atomic E-state index is 11.8. The maximum atomic E-state index is 11.8. The lowest BCUT2D eigenvalue weighted by Crippen LogP contribution is -2.40. The largest absolute Gasteiger partial charge is 0.348 e. The summed E-state index contributed by atoms with van der Waals surface area (Å²) in [4.78, 5) is 26.9. The Morgan fingerprint density at radius 1 is 1.29 bits per heavy atom. The van der Waals surface area contributed by atoms with Gasteiger partial charge in [-0.05, 0) is 19.3 Å². The van der Waals surface area contributed by atoms with E-state index >= 15 is 0 Å². The monoisotopic (exact) mass is 240 g/mol. The van der Waals surface area contributed by atoms with Crippen LogP contribution in [0.4, 0.5) is 0 Å². The standard InChI is InChI=1S/C12H20N2O3/c1-3-11(14-17-9(2)15)12(16)13-10-7-5-4-6-8-10/h10H,3-8H2,1-2H3,(H,13,16)/b14-11+. The molecule has 0 aliphatic heterocycles. The number of hydrogen-bond donors (Lipinski definition) is 1. The van der Waals surface area contributed by atoms with E-state index in [0.29, 0.717) is 6.42 Å². The summed E-state index contributed by atoms with van der Waals surface area (Å²) in [5.74, 6) is -0.734. The van der Waals surface area contributed by atoms with Crippen LogP contribution in [0, 0.1) is 0 Å². The highest BCUT2D eigenvalue weighted by Gasteiger charge is 2.18. The van der Waals surface area contributed by atoms with Gasteiger partial charge in [-0.15, -0.1) is 0 Å². The number of rotatable bonds is 4. The van der Waals surface area contributed by atoms with Gasteiger partial charge in [0.05, 0.1) is 0 Å². The number of amides is 1. The number of oxime groups is 1. The molecule has 1 aliphatic carbocycles. The van der Waals surface area contributed by atoms with E-state index in [-0.39, 0.29) is 17.7 Å². The van der Waals surface area contributed by atoms with E-state index in [1.165, 1.54) is 13.3 Å². The third kappa shape index (κ3) is 4.97. The number of nitrogens with one attached hydrogen (secondary N) is 1. The Kier molecular flexibility index (Phi) is 5.66. The van der Waals surface area contributed by atoms with Crippen LogP contribution in [-0.4, -0.2) is 23.6 Å². The number of hydrogen-bond acceptors (Lipinski definition) is 4. The normalized spacial score (nSPS) is 17.6. The fourth-order valence-corrected chi connectivity index (χ4v) is 1.90. The fraction of sp³-hybridized carbons (Fsp3) is 0.750. The highest BCUT2D eigenvalue weighted by molar-refractivity contribution is 6.38. The third-order valence-corrected chi connectivity index (χ3v) is 2.82. The molecule has 0 bridgehead atoms. The Morgan fingerprint density at radius 3 is 2.47 bits per heavy atom. The zero-order valence-corrected chi connectivity index (χ0v) is 10.5. The van der Waals surface area contributed by atoms with Crippen LogP contribution in [0.3, 0.4) is 0 Å². The average Bonchev–Trinajstić information content (AvgIpc) is 2.30. The van der Waals surface area contributed by atoms with Gasteiger partial charge in [0.25, 0.3) is 5.91 Å². The van der Waals surface area contributed by atoms with Crippen molar-refractivity contribution < 1.29 is 14.4 Å². The van der Waals surface area contributed by atoms with E-state index in [2.05, 4.69) is 15.3 Å². The molecule has 0 radical (unpaired) electrons. The van der Waals surface area contributed by atoms with Gasteiger partial charge in [0.15, 0.2) is 0 Å². The molecule has 0 unspecified atom stereocenters. The van der Waals surface area contributed by atoms with E-state index in [0.717, 1.165) is 25.7 Å². The summed E-state index contributed by atoms with van der Waals surface area (Å²) >= 11 is 0. The van der Waals surface area contributed by atoms with Crippen molar-refractivity contribution in [3.63, 3.8) is 0 Å². The van der Waals surface area contributed by atoms with Crippen LogP contribution in [0.5, 0.6) is 0 Å². The molecule has 0 aromatic carbocycles. The van der Waals surface area contributed by atoms with Crippen molar-refractivity contribution in [3.8, 4) is 0 Å². The van der Waals surface area contributed by atoms with Gasteiger partial charge in [-0.3, -0.25) is 4.79 Å². The number of nitrogens with zero attached hydrogens (tertiary/aromatic N) is 1. The van der Waals surface area contributed by atoms with Crippen molar-refractivity contribution in [2.75, 3.05) is 0 Å². The minimum atomic E-state index is -0.513. The van der Waals surface area contributed by atoms with Gasteiger partial charge < -0.3 is 10.2 Å². The molecule has 17 heavy (non-hydrogen) atoms. The molecular formula is C12H20N2O3. The van der Waals surface area contributed by atoms with E-state index in [1.807, 2.05) is 6.92 Å². The lowest BCUT2D eigenvalue weighted by molar-refractivity contribution is -0.141. The summed E-state index contributed by atoms with van der Waals surface area (Å²) in [7, 11) is 0. The summed E-state index contributed by atoms with van der Waals surface area (Å²) in [5, 5.41) is 6.49. The van der Waals surface area contributed by atoms with Crippen molar-refractivity contribution in [1.82, 2.24) is 5.32 Å². The molecule has 0 atom stereocenters. The molecule has 1 N–H and O–H groups in total. The molecule has 1 fully saturated rings. The molecule has 5 nitrogen and oxygen atoms in total. The molecule has 1 saturated carbocycles. The minimum absolute atomic E-state index is 0.222. The van der Waals surface area contributed by atoms with Gasteiger partial charge in [0.1, 0.15) is 5.71 Å². The van der Waals surface area contributed by atoms with Crippen LogP contribution < -0.4 is 5.32 Å². The molecular weight excluding hydrogens is 220 g/mol. The molecule has 1 rings (SSSR count). The highest BCUT2D eigenvalue weighted by atomic mass is 16.7. The van der Waals surface area contributed by atoms with Crippen LogP contribution in [-0.2, 0) is 14.4 Å². The van der Waals surface area contributed by atoms with E-state index in [9.17, 15) is 9.59 Å². The van der Waals surface area contributed by atoms with Crippen LogP contribution in [0.25, 0.3) is 0 Å². The Morgan fingerprint density at radius 2 is 1.94 bits per heavy atom. The second kappa shape index (κ2) is 7.04. The lowest BCUT2D eigenvalue weighted by atomic mass is 9.95. The Balaban J connectivity index is 2.47. The first-order valence-electron chi connectivity index (χ1n) is 6.18. The molecule has 0 saturated heterocycles. The van der Waals surface area contributed by atoms with Gasteiger partial charge in [0, 0.05) is 13.0 Å². The summed E-state index contributed by atoms with van der Waals surface area (Å²) in [6, 6.07) is 0.241. The van der Waals surface area contributed by atoms with E-state index in [4.69, 9.17) is 0 Å². The summed E-state index contributed by atoms with van der Waals surface area (Å²) < 4.78 is 0. The summed E-state index contributed by atoms with van der Waals surface area (Å²) in [6.07, 6.45) is 6.06. The highest BCUT2D eigenvalue weighted by Crippen LogP contribution is 2.17. The Hall–Kier alpha value is -1.39. The predicted octanol–water partition coefficient (Wildman–Crippen LogP) is 1.76. The molecule has 0 aromatic rings. The molecule has 5 heteroatoms. The molecule has 0 spiro atoms. The number of carbonyl (C=O) groups is 2. The van der Waals surface area contributed by atoms with Crippen LogP contribution in [0.1, 0.15) is 52.4 Å². The summed E-state index contributed by atoms with van der Waals surface area (Å²) in [5.41, 5.74) is 0.269. The van der Waals surface area contributed by atoms with Crippen molar-refractivity contribution in [2.45, 2.75) is 58.4 Å². The van der Waals surface area contributed by atoms with E-state index < -0.39 is 5.97 Å². The van der Waals surface area contributed by atoms with Crippen LogP contribution >= 0.6 is 0 Å². The average molecular weight is 240 g/mol. The molecule has 0 aromatic heterocycles. The van der Waals surface area contributed by atoms with Crippen molar-refractivity contribution >= 4 is 17.6 Å². The SMILES string of the molecule is CC/C(=N\OC(C)=O)C(=O)NC1CCCCC1. The number of carbonyl (C=O) groups excluding carboxylic acids is 2. The van der Waals surface area contributed by atoms with Crippen LogP contribution in [0.2, 0.25) is 0 Å². The van der Waals surface area contributed by atoms with Gasteiger partial charge in [0.2, 0.25) is 0 Å². The van der Waals surface area contributed by atoms with Crippen molar-refractivity contribution in [2.24, 2.45) is 5.16 Å². The topological polar surface area (TPSA) is 67.8 Å². The zero-order chi connectivity index (χ0) is 12.7. The molecule has 96 valence electrons. The second-order valence-corrected chi connectivity index (χ2v) is 4.28.